The van der Waals surface area contributed by atoms with Crippen LogP contribution in [-0.4, -0.2) is 23.8 Å². The molecule has 0 unspecified atom stereocenters. The van der Waals surface area contributed by atoms with Crippen molar-refractivity contribution in [3.8, 4) is 0 Å². The van der Waals surface area contributed by atoms with E-state index in [1.54, 1.807) is 6.92 Å². The van der Waals surface area contributed by atoms with Gasteiger partial charge in [0.2, 0.25) is 0 Å². The number of hydrogen-bond donors (Lipinski definition) is 0. The van der Waals surface area contributed by atoms with Gasteiger partial charge in [0.05, 0.1) is 0 Å². The van der Waals surface area contributed by atoms with Gasteiger partial charge in [-0.3, -0.25) is 9.69 Å². The van der Waals surface area contributed by atoms with E-state index in [0.29, 0.717) is 5.78 Å². The Morgan fingerprint density at radius 2 is 2.13 bits per heavy atom. The van der Waals surface area contributed by atoms with Gasteiger partial charge < -0.3 is 0 Å². The molecule has 0 aromatic heterocycles. The van der Waals surface area contributed by atoms with Crippen LogP contribution < -0.4 is 0 Å². The molecule has 2 nitrogen and oxygen atoms in total. The molecule has 1 fully saturated rings. The lowest BCUT2D eigenvalue weighted by molar-refractivity contribution is -0.120. The largest absolute Gasteiger partial charge is 0.300 e. The fraction of sp³-hybridized carbons (Fsp3) is 0.462. The number of carbonyl (C=O) groups excluding carboxylic acids is 1. The number of Topliss-reactive ketones (excluding diaryl/α,β-unsaturated/α-hetero) is 1. The Kier molecular flexibility index (Phi) is 3.17. The summed E-state index contributed by atoms with van der Waals surface area (Å²) in [6.07, 6.45) is 1.03. The summed E-state index contributed by atoms with van der Waals surface area (Å²) in [5, 5.41) is 0. The number of likely N-dealkylation sites (tertiary alicyclic amines) is 1. The highest BCUT2D eigenvalue weighted by molar-refractivity contribution is 5.78. The van der Waals surface area contributed by atoms with Gasteiger partial charge in [0.25, 0.3) is 0 Å². The first-order valence-corrected chi connectivity index (χ1v) is 5.52. The maximum Gasteiger partial charge on any atom is 0.134 e. The van der Waals surface area contributed by atoms with E-state index in [9.17, 15) is 4.79 Å². The van der Waals surface area contributed by atoms with Crippen LogP contribution in [0.2, 0.25) is 0 Å². The zero-order valence-corrected chi connectivity index (χ0v) is 9.15. The summed E-state index contributed by atoms with van der Waals surface area (Å²) in [5.41, 5.74) is 1.33. The minimum Gasteiger partial charge on any atom is -0.300 e. The smallest absolute Gasteiger partial charge is 0.134 e. The monoisotopic (exact) mass is 203 g/mol. The van der Waals surface area contributed by atoms with Gasteiger partial charge >= 0.3 is 0 Å². The summed E-state index contributed by atoms with van der Waals surface area (Å²) in [5.74, 6) is 0.610. The second-order valence-corrected chi connectivity index (χ2v) is 4.32. The molecule has 1 aliphatic heterocycles. The Balaban J connectivity index is 1.90. The molecule has 0 amide bonds. The summed E-state index contributed by atoms with van der Waals surface area (Å²) in [6, 6.07) is 10.4. The molecule has 2 heteroatoms. The van der Waals surface area contributed by atoms with Gasteiger partial charge in [-0.1, -0.05) is 30.3 Å². The number of rotatable bonds is 3. The van der Waals surface area contributed by atoms with Crippen molar-refractivity contribution >= 4 is 5.78 Å². The average molecular weight is 203 g/mol. The fourth-order valence-electron chi connectivity index (χ4n) is 2.15. The molecule has 0 bridgehead atoms. The van der Waals surface area contributed by atoms with Crippen molar-refractivity contribution in [3.63, 3.8) is 0 Å². The van der Waals surface area contributed by atoms with Gasteiger partial charge in [-0.15, -0.1) is 0 Å². The number of nitrogens with zero attached hydrogens (tertiary/aromatic N) is 1. The van der Waals surface area contributed by atoms with Crippen molar-refractivity contribution < 1.29 is 4.79 Å². The van der Waals surface area contributed by atoms with Crippen molar-refractivity contribution in [1.82, 2.24) is 4.90 Å². The zero-order valence-electron chi connectivity index (χ0n) is 9.15. The lowest BCUT2D eigenvalue weighted by Gasteiger charge is -2.15. The zero-order chi connectivity index (χ0) is 10.7. The fourth-order valence-corrected chi connectivity index (χ4v) is 2.15. The van der Waals surface area contributed by atoms with Gasteiger partial charge in [-0.25, -0.2) is 0 Å². The van der Waals surface area contributed by atoms with Gasteiger partial charge in [0.1, 0.15) is 5.78 Å². The topological polar surface area (TPSA) is 20.3 Å². The molecule has 0 N–H and O–H groups in total. The molecule has 1 saturated heterocycles. The van der Waals surface area contributed by atoms with E-state index in [1.165, 1.54) is 5.56 Å². The van der Waals surface area contributed by atoms with Crippen LogP contribution in [0.4, 0.5) is 0 Å². The van der Waals surface area contributed by atoms with E-state index >= 15 is 0 Å². The third-order valence-corrected chi connectivity index (χ3v) is 3.10. The molecule has 15 heavy (non-hydrogen) atoms. The van der Waals surface area contributed by atoms with Crippen LogP contribution >= 0.6 is 0 Å². The van der Waals surface area contributed by atoms with Crippen LogP contribution in [-0.2, 0) is 11.3 Å². The number of ketones is 1. The highest BCUT2D eigenvalue weighted by atomic mass is 16.1. The van der Waals surface area contributed by atoms with Crippen LogP contribution in [0.3, 0.4) is 0 Å². The number of benzene rings is 1. The predicted molar refractivity (Wildman–Crippen MR) is 60.5 cm³/mol. The van der Waals surface area contributed by atoms with Crippen LogP contribution in [0.1, 0.15) is 18.9 Å². The van der Waals surface area contributed by atoms with Crippen molar-refractivity contribution in [2.75, 3.05) is 13.1 Å². The van der Waals surface area contributed by atoms with Gasteiger partial charge in [0.15, 0.2) is 0 Å². The molecule has 0 aliphatic carbocycles. The first-order valence-electron chi connectivity index (χ1n) is 5.52. The molecule has 0 saturated carbocycles. The van der Waals surface area contributed by atoms with E-state index in [0.717, 1.165) is 26.1 Å². The van der Waals surface area contributed by atoms with E-state index in [-0.39, 0.29) is 5.92 Å². The lowest BCUT2D eigenvalue weighted by Crippen LogP contribution is -2.21. The summed E-state index contributed by atoms with van der Waals surface area (Å²) >= 11 is 0. The molecule has 0 radical (unpaired) electrons. The average Bonchev–Trinajstić information content (AvgIpc) is 2.68. The quantitative estimate of drug-likeness (QED) is 0.749. The van der Waals surface area contributed by atoms with Gasteiger partial charge in [-0.05, 0) is 25.5 Å². The summed E-state index contributed by atoms with van der Waals surface area (Å²) < 4.78 is 0. The Bertz CT molecular complexity index is 334. The highest BCUT2D eigenvalue weighted by Gasteiger charge is 2.25. The molecule has 1 aliphatic rings. The minimum atomic E-state index is 0.272. The molecule has 1 aromatic carbocycles. The van der Waals surface area contributed by atoms with Crippen molar-refractivity contribution in [2.45, 2.75) is 19.9 Å². The molecule has 1 heterocycles. The molecule has 2 rings (SSSR count). The number of hydrogen-bond acceptors (Lipinski definition) is 2. The Labute approximate surface area is 90.9 Å². The predicted octanol–water partition coefficient (Wildman–Crippen LogP) is 2.10. The Hall–Kier alpha value is -1.15. The molecular formula is C13H17NO. The third-order valence-electron chi connectivity index (χ3n) is 3.10. The van der Waals surface area contributed by atoms with Crippen molar-refractivity contribution in [1.29, 1.82) is 0 Å². The SMILES string of the molecule is CC(=O)[C@H]1CCN(Cc2ccccc2)C1. The Morgan fingerprint density at radius 3 is 2.73 bits per heavy atom. The number of carbonyl (C=O) groups is 1. The maximum absolute atomic E-state index is 11.2. The van der Waals surface area contributed by atoms with E-state index < -0.39 is 0 Å². The van der Waals surface area contributed by atoms with Crippen molar-refractivity contribution in [2.24, 2.45) is 5.92 Å². The normalized spacial score (nSPS) is 21.8. The molecular weight excluding hydrogens is 186 g/mol. The molecule has 1 aromatic rings. The second-order valence-electron chi connectivity index (χ2n) is 4.32. The summed E-state index contributed by atoms with van der Waals surface area (Å²) in [4.78, 5) is 13.6. The van der Waals surface area contributed by atoms with E-state index in [4.69, 9.17) is 0 Å². The van der Waals surface area contributed by atoms with Crippen molar-refractivity contribution in [3.05, 3.63) is 35.9 Å². The first kappa shape index (κ1) is 10.4. The third kappa shape index (κ3) is 2.66. The van der Waals surface area contributed by atoms with E-state index in [2.05, 4.69) is 29.2 Å². The molecule has 1 atom stereocenters. The van der Waals surface area contributed by atoms with Crippen LogP contribution in [0, 0.1) is 5.92 Å². The summed E-state index contributed by atoms with van der Waals surface area (Å²) in [6.45, 7) is 4.67. The standard InChI is InChI=1S/C13H17NO/c1-11(15)13-7-8-14(10-13)9-12-5-3-2-4-6-12/h2-6,13H,7-10H2,1H3/t13-/m0/s1. The van der Waals surface area contributed by atoms with Gasteiger partial charge in [0, 0.05) is 19.0 Å². The first-order chi connectivity index (χ1) is 7.25. The maximum atomic E-state index is 11.2. The van der Waals surface area contributed by atoms with E-state index in [1.807, 2.05) is 6.07 Å². The van der Waals surface area contributed by atoms with Crippen LogP contribution in [0.25, 0.3) is 0 Å². The second kappa shape index (κ2) is 4.58. The molecule has 0 spiro atoms. The lowest BCUT2D eigenvalue weighted by atomic mass is 10.1. The summed E-state index contributed by atoms with van der Waals surface area (Å²) in [7, 11) is 0. The van der Waals surface area contributed by atoms with Gasteiger partial charge in [-0.2, -0.15) is 0 Å². The molecule has 80 valence electrons. The minimum absolute atomic E-state index is 0.272. The Morgan fingerprint density at radius 1 is 1.40 bits per heavy atom. The van der Waals surface area contributed by atoms with Crippen LogP contribution in [0.5, 0.6) is 0 Å². The van der Waals surface area contributed by atoms with Crippen LogP contribution in [0.15, 0.2) is 30.3 Å². The highest BCUT2D eigenvalue weighted by Crippen LogP contribution is 2.19.